The van der Waals surface area contributed by atoms with Gasteiger partial charge in [-0.05, 0) is 60.8 Å². The number of pyridine rings is 1. The normalized spacial score (nSPS) is 14.3. The first-order valence-corrected chi connectivity index (χ1v) is 15.0. The van der Waals surface area contributed by atoms with Gasteiger partial charge < -0.3 is 10.6 Å². The van der Waals surface area contributed by atoms with Crippen LogP contribution in [0.4, 0.5) is 16.2 Å². The predicted molar refractivity (Wildman–Crippen MR) is 147 cm³/mol. The number of carbonyl (C=O) groups is 1. The number of rotatable bonds is 4. The standard InChI is InChI=1S/C22H15Cl2N5O6S3/c1-11-25-16-8-12-6-7-29(21(30)14(12)10-18(16)37(32,33)27-11)17-3-2-13(9-15(17)23)26-22(31)28-38(34,35)20-5-4-19(24)36-20/h2-10H,1H3,(H,25,27)(H2,26,28,31). The van der Waals surface area contributed by atoms with Crippen LogP contribution in [0.1, 0.15) is 6.92 Å². The Labute approximate surface area is 229 Å². The second-order valence-electron chi connectivity index (χ2n) is 7.99. The number of hydrogen-bond acceptors (Lipinski definition) is 8. The summed E-state index contributed by atoms with van der Waals surface area (Å²) in [6, 6.07) is 10.3. The van der Waals surface area contributed by atoms with Gasteiger partial charge in [0.05, 0.1) is 20.7 Å². The number of amides is 2. The highest BCUT2D eigenvalue weighted by Gasteiger charge is 2.25. The van der Waals surface area contributed by atoms with Gasteiger partial charge in [0.1, 0.15) is 14.9 Å². The Morgan fingerprint density at radius 2 is 1.87 bits per heavy atom. The van der Waals surface area contributed by atoms with Crippen molar-refractivity contribution < 1.29 is 21.6 Å². The third kappa shape index (κ3) is 4.88. The quantitative estimate of drug-likeness (QED) is 0.309. The van der Waals surface area contributed by atoms with Crippen LogP contribution in [0.15, 0.2) is 73.0 Å². The van der Waals surface area contributed by atoms with E-state index in [1.807, 2.05) is 4.72 Å². The van der Waals surface area contributed by atoms with Crippen molar-refractivity contribution in [3.8, 4) is 5.69 Å². The first kappa shape index (κ1) is 26.2. The number of nitrogens with zero attached hydrogens (tertiary/aromatic N) is 2. The van der Waals surface area contributed by atoms with E-state index in [1.54, 1.807) is 12.1 Å². The van der Waals surface area contributed by atoms with Crippen LogP contribution in [0.25, 0.3) is 16.5 Å². The highest BCUT2D eigenvalue weighted by molar-refractivity contribution is 7.92. The number of carbonyl (C=O) groups excluding carboxylic acids is 1. The Hall–Kier alpha value is -3.43. The van der Waals surface area contributed by atoms with Gasteiger partial charge in [-0.3, -0.25) is 9.36 Å². The summed E-state index contributed by atoms with van der Waals surface area (Å²) in [5.41, 5.74) is 0.188. The van der Waals surface area contributed by atoms with E-state index >= 15 is 0 Å². The van der Waals surface area contributed by atoms with E-state index in [4.69, 9.17) is 23.2 Å². The molecule has 0 aliphatic carbocycles. The van der Waals surface area contributed by atoms with Crippen LogP contribution in [0, 0.1) is 0 Å². The molecule has 0 radical (unpaired) electrons. The number of sulfonamides is 2. The van der Waals surface area contributed by atoms with Crippen LogP contribution < -0.4 is 20.9 Å². The summed E-state index contributed by atoms with van der Waals surface area (Å²) in [5, 5.41) is 5.95. The molecule has 2 aromatic carbocycles. The molecule has 1 aliphatic heterocycles. The summed E-state index contributed by atoms with van der Waals surface area (Å²) in [7, 11) is -8.10. The van der Waals surface area contributed by atoms with E-state index < -0.39 is 31.6 Å². The van der Waals surface area contributed by atoms with Gasteiger partial charge in [-0.2, -0.15) is 8.42 Å². The van der Waals surface area contributed by atoms with Gasteiger partial charge in [-0.25, -0.2) is 17.9 Å². The molecule has 2 aromatic heterocycles. The number of thiophene rings is 1. The highest BCUT2D eigenvalue weighted by Crippen LogP contribution is 2.32. The van der Waals surface area contributed by atoms with Crippen molar-refractivity contribution in [2.24, 2.45) is 4.40 Å². The third-order valence-corrected chi connectivity index (χ3v) is 10.1. The number of aromatic nitrogens is 1. The molecule has 16 heteroatoms. The summed E-state index contributed by atoms with van der Waals surface area (Å²) in [6.07, 6.45) is 1.48. The van der Waals surface area contributed by atoms with Gasteiger partial charge in [0.15, 0.2) is 0 Å². The number of amidine groups is 1. The van der Waals surface area contributed by atoms with E-state index in [1.165, 1.54) is 54.1 Å². The van der Waals surface area contributed by atoms with Crippen molar-refractivity contribution >= 4 is 88.6 Å². The molecule has 2 amide bonds. The second kappa shape index (κ2) is 9.39. The molecule has 38 heavy (non-hydrogen) atoms. The maximum atomic E-state index is 13.3. The number of fused-ring (bicyclic) bond motifs is 2. The van der Waals surface area contributed by atoms with E-state index in [2.05, 4.69) is 15.0 Å². The molecule has 3 heterocycles. The van der Waals surface area contributed by atoms with E-state index in [0.717, 1.165) is 11.3 Å². The number of urea groups is 1. The monoisotopic (exact) mass is 611 g/mol. The lowest BCUT2D eigenvalue weighted by Gasteiger charge is -2.17. The van der Waals surface area contributed by atoms with E-state index in [-0.39, 0.29) is 41.1 Å². The van der Waals surface area contributed by atoms with Crippen molar-refractivity contribution in [1.82, 2.24) is 9.29 Å². The van der Waals surface area contributed by atoms with Crippen molar-refractivity contribution in [3.63, 3.8) is 0 Å². The maximum absolute atomic E-state index is 13.3. The van der Waals surface area contributed by atoms with Crippen LogP contribution >= 0.6 is 34.5 Å². The minimum atomic E-state index is -4.13. The highest BCUT2D eigenvalue weighted by atomic mass is 35.5. The number of benzene rings is 2. The molecule has 3 N–H and O–H groups in total. The van der Waals surface area contributed by atoms with Gasteiger partial charge in [0.2, 0.25) is 0 Å². The molecule has 0 saturated heterocycles. The Balaban J connectivity index is 1.44. The molecule has 5 rings (SSSR count). The Kier molecular flexibility index (Phi) is 6.47. The maximum Gasteiger partial charge on any atom is 0.333 e. The minimum absolute atomic E-state index is 0.0598. The predicted octanol–water partition coefficient (Wildman–Crippen LogP) is 4.40. The third-order valence-electron chi connectivity index (χ3n) is 5.36. The molecular formula is C22H15Cl2N5O6S3. The molecule has 0 bridgehead atoms. The summed E-state index contributed by atoms with van der Waals surface area (Å²) in [6.45, 7) is 1.52. The summed E-state index contributed by atoms with van der Waals surface area (Å²) in [4.78, 5) is 25.4. The number of anilines is 2. The lowest BCUT2D eigenvalue weighted by molar-refractivity contribution is 0.256. The van der Waals surface area contributed by atoms with Gasteiger partial charge in [0.25, 0.3) is 25.6 Å². The molecule has 0 fully saturated rings. The van der Waals surface area contributed by atoms with E-state index in [0.29, 0.717) is 11.1 Å². The molecule has 11 nitrogen and oxygen atoms in total. The van der Waals surface area contributed by atoms with Crippen molar-refractivity contribution in [2.45, 2.75) is 16.0 Å². The van der Waals surface area contributed by atoms with Gasteiger partial charge in [0, 0.05) is 17.3 Å². The molecular weight excluding hydrogens is 597 g/mol. The van der Waals surface area contributed by atoms with E-state index in [9.17, 15) is 26.4 Å². The smallest absolute Gasteiger partial charge is 0.333 e. The zero-order valence-electron chi connectivity index (χ0n) is 19.0. The largest absolute Gasteiger partial charge is 0.342 e. The Morgan fingerprint density at radius 1 is 1.11 bits per heavy atom. The number of hydrogen-bond donors (Lipinski definition) is 3. The van der Waals surface area contributed by atoms with Crippen LogP contribution in [-0.2, 0) is 20.0 Å². The van der Waals surface area contributed by atoms with Crippen LogP contribution in [0.3, 0.4) is 0 Å². The first-order valence-electron chi connectivity index (χ1n) is 10.5. The average molecular weight is 612 g/mol. The average Bonchev–Trinajstić information content (AvgIpc) is 3.25. The van der Waals surface area contributed by atoms with Gasteiger partial charge >= 0.3 is 6.03 Å². The SMILES string of the molecule is CC1=NS(=O)(=O)c2cc3c(=O)n(-c4ccc(NC(=O)NS(=O)(=O)c5ccc(Cl)s5)cc4Cl)ccc3cc2N1. The second-order valence-corrected chi connectivity index (χ2v) is 13.6. The summed E-state index contributed by atoms with van der Waals surface area (Å²) >= 11 is 12.9. The fourth-order valence-corrected chi connectivity index (χ4v) is 7.59. The molecule has 4 aromatic rings. The number of nitrogens with one attached hydrogen (secondary N) is 3. The fraction of sp³-hybridized carbons (Fsp3) is 0.0455. The molecule has 0 spiro atoms. The lowest BCUT2D eigenvalue weighted by Crippen LogP contribution is -2.33. The molecule has 1 aliphatic rings. The lowest BCUT2D eigenvalue weighted by atomic mass is 10.1. The first-order chi connectivity index (χ1) is 17.8. The zero-order valence-corrected chi connectivity index (χ0v) is 23.0. The summed E-state index contributed by atoms with van der Waals surface area (Å²) in [5.74, 6) is 0.216. The van der Waals surface area contributed by atoms with Gasteiger partial charge in [-0.1, -0.05) is 23.2 Å². The molecule has 0 atom stereocenters. The van der Waals surface area contributed by atoms with Crippen molar-refractivity contribution in [3.05, 3.63) is 74.4 Å². The minimum Gasteiger partial charge on any atom is -0.342 e. The van der Waals surface area contributed by atoms with Gasteiger partial charge in [-0.15, -0.1) is 15.7 Å². The van der Waals surface area contributed by atoms with Crippen LogP contribution in [0.5, 0.6) is 0 Å². The van der Waals surface area contributed by atoms with Crippen LogP contribution in [0.2, 0.25) is 9.36 Å². The van der Waals surface area contributed by atoms with Crippen molar-refractivity contribution in [1.29, 1.82) is 0 Å². The molecule has 0 saturated carbocycles. The zero-order chi connectivity index (χ0) is 27.4. The Morgan fingerprint density at radius 3 is 2.55 bits per heavy atom. The Bertz CT molecular complexity index is 1970. The fourth-order valence-electron chi connectivity index (χ4n) is 3.77. The van der Waals surface area contributed by atoms with Crippen LogP contribution in [-0.4, -0.2) is 33.3 Å². The molecule has 0 unspecified atom stereocenters. The summed E-state index contributed by atoms with van der Waals surface area (Å²) < 4.78 is 56.5. The van der Waals surface area contributed by atoms with Crippen molar-refractivity contribution in [2.75, 3.05) is 10.6 Å². The molecule has 196 valence electrons. The topological polar surface area (TPSA) is 156 Å². The number of halogens is 2.